The molecule has 162 valence electrons. The molecule has 32 heavy (non-hydrogen) atoms. The van der Waals surface area contributed by atoms with E-state index in [0.717, 1.165) is 11.4 Å². The molecule has 4 heteroatoms. The summed E-state index contributed by atoms with van der Waals surface area (Å²) < 4.78 is 0. The lowest BCUT2D eigenvalue weighted by molar-refractivity contribution is 0.471. The van der Waals surface area contributed by atoms with Crippen LogP contribution >= 0.6 is 0 Å². The van der Waals surface area contributed by atoms with E-state index in [-0.39, 0.29) is 11.5 Å². The number of para-hydroxylation sites is 4. The second-order valence-electron chi connectivity index (χ2n) is 7.79. The van der Waals surface area contributed by atoms with Crippen molar-refractivity contribution in [2.45, 2.75) is 13.1 Å². The highest BCUT2D eigenvalue weighted by Gasteiger charge is 2.16. The van der Waals surface area contributed by atoms with Crippen LogP contribution in [0.5, 0.6) is 11.5 Å². The summed E-state index contributed by atoms with van der Waals surface area (Å²) in [5.41, 5.74) is 3.95. The first-order valence-electron chi connectivity index (χ1n) is 10.8. The van der Waals surface area contributed by atoms with Gasteiger partial charge in [0, 0.05) is 26.2 Å². The Kier molecular flexibility index (Phi) is 6.93. The first-order chi connectivity index (χ1) is 15.7. The SMILES string of the molecule is Oc1ccccc1N(CCN(Cc1ccccc1)c1ccccc1O)Cc1ccccc1. The molecule has 4 aromatic carbocycles. The molecule has 0 fully saturated rings. The number of rotatable bonds is 9. The zero-order valence-electron chi connectivity index (χ0n) is 18.0. The lowest BCUT2D eigenvalue weighted by Gasteiger charge is -2.31. The van der Waals surface area contributed by atoms with Crippen molar-refractivity contribution < 1.29 is 10.2 Å². The van der Waals surface area contributed by atoms with E-state index < -0.39 is 0 Å². The van der Waals surface area contributed by atoms with Crippen molar-refractivity contribution in [3.8, 4) is 11.5 Å². The van der Waals surface area contributed by atoms with Gasteiger partial charge in [-0.15, -0.1) is 0 Å². The quantitative estimate of drug-likeness (QED) is 0.356. The van der Waals surface area contributed by atoms with Crippen molar-refractivity contribution in [3.63, 3.8) is 0 Å². The molecule has 4 rings (SSSR count). The Balaban J connectivity index is 1.60. The minimum absolute atomic E-state index is 0.264. The third kappa shape index (κ3) is 5.41. The Morgan fingerprint density at radius 3 is 1.16 bits per heavy atom. The van der Waals surface area contributed by atoms with Gasteiger partial charge in [-0.05, 0) is 35.4 Å². The normalized spacial score (nSPS) is 10.6. The predicted octanol–water partition coefficient (Wildman–Crippen LogP) is 5.81. The van der Waals surface area contributed by atoms with Crippen LogP contribution in [0.3, 0.4) is 0 Å². The van der Waals surface area contributed by atoms with E-state index in [1.165, 1.54) is 11.1 Å². The van der Waals surface area contributed by atoms with Gasteiger partial charge >= 0.3 is 0 Å². The number of phenolic OH excluding ortho intramolecular Hbond substituents is 2. The smallest absolute Gasteiger partial charge is 0.138 e. The number of benzene rings is 4. The summed E-state index contributed by atoms with van der Waals surface area (Å²) in [6.45, 7) is 2.71. The largest absolute Gasteiger partial charge is 0.506 e. The van der Waals surface area contributed by atoms with Crippen LogP contribution in [0.25, 0.3) is 0 Å². The fourth-order valence-electron chi connectivity index (χ4n) is 3.88. The topological polar surface area (TPSA) is 46.9 Å². The van der Waals surface area contributed by atoms with Gasteiger partial charge in [-0.1, -0.05) is 84.9 Å². The fraction of sp³-hybridized carbons (Fsp3) is 0.143. The van der Waals surface area contributed by atoms with Gasteiger partial charge < -0.3 is 20.0 Å². The molecule has 0 unspecified atom stereocenters. The second-order valence-corrected chi connectivity index (χ2v) is 7.79. The maximum absolute atomic E-state index is 10.5. The van der Waals surface area contributed by atoms with Gasteiger partial charge in [0.2, 0.25) is 0 Å². The highest BCUT2D eigenvalue weighted by molar-refractivity contribution is 5.60. The highest BCUT2D eigenvalue weighted by Crippen LogP contribution is 2.30. The summed E-state index contributed by atoms with van der Waals surface area (Å²) in [5, 5.41) is 21.1. The molecule has 0 aromatic heterocycles. The van der Waals surface area contributed by atoms with Crippen molar-refractivity contribution >= 4 is 11.4 Å². The van der Waals surface area contributed by atoms with Crippen molar-refractivity contribution in [1.29, 1.82) is 0 Å². The van der Waals surface area contributed by atoms with Crippen LogP contribution in [0.1, 0.15) is 11.1 Å². The van der Waals surface area contributed by atoms with E-state index in [2.05, 4.69) is 34.1 Å². The molecule has 2 N–H and O–H groups in total. The molecule has 4 nitrogen and oxygen atoms in total. The van der Waals surface area contributed by atoms with Crippen LogP contribution in [0.2, 0.25) is 0 Å². The molecule has 0 bridgehead atoms. The molecule has 0 radical (unpaired) electrons. The van der Waals surface area contributed by atoms with E-state index >= 15 is 0 Å². The van der Waals surface area contributed by atoms with E-state index in [4.69, 9.17) is 0 Å². The second kappa shape index (κ2) is 10.4. The lowest BCUT2D eigenvalue weighted by Crippen LogP contribution is -2.35. The molecule has 0 aliphatic carbocycles. The van der Waals surface area contributed by atoms with Crippen molar-refractivity contribution in [2.24, 2.45) is 0 Å². The monoisotopic (exact) mass is 424 g/mol. The zero-order valence-corrected chi connectivity index (χ0v) is 18.0. The molecule has 0 amide bonds. The maximum atomic E-state index is 10.5. The van der Waals surface area contributed by atoms with Gasteiger partial charge in [-0.2, -0.15) is 0 Å². The standard InChI is InChI=1S/C28H28N2O2/c31-27-17-9-7-15-25(27)29(21-23-11-3-1-4-12-23)19-20-30(22-24-13-5-2-6-14-24)26-16-8-10-18-28(26)32/h1-18,31-32H,19-22H2. The molecule has 0 saturated heterocycles. The van der Waals surface area contributed by atoms with Crippen LogP contribution in [0.4, 0.5) is 11.4 Å². The van der Waals surface area contributed by atoms with Gasteiger partial charge in [0.15, 0.2) is 0 Å². The number of hydrogen-bond donors (Lipinski definition) is 2. The summed E-state index contributed by atoms with van der Waals surface area (Å²) in [4.78, 5) is 4.37. The van der Waals surface area contributed by atoms with Gasteiger partial charge in [0.05, 0.1) is 11.4 Å². The first-order valence-corrected chi connectivity index (χ1v) is 10.8. The van der Waals surface area contributed by atoms with Crippen LogP contribution in [-0.4, -0.2) is 23.3 Å². The number of hydrogen-bond acceptors (Lipinski definition) is 4. The van der Waals surface area contributed by atoms with Gasteiger partial charge in [0.1, 0.15) is 11.5 Å². The van der Waals surface area contributed by atoms with Crippen LogP contribution in [0.15, 0.2) is 109 Å². The molecule has 0 atom stereocenters. The Labute approximate surface area is 189 Å². The van der Waals surface area contributed by atoms with E-state index in [1.54, 1.807) is 12.1 Å². The van der Waals surface area contributed by atoms with Crippen molar-refractivity contribution in [1.82, 2.24) is 0 Å². The van der Waals surface area contributed by atoms with Crippen molar-refractivity contribution in [2.75, 3.05) is 22.9 Å². The third-order valence-electron chi connectivity index (χ3n) is 5.52. The molecule has 0 aliphatic heterocycles. The highest BCUT2D eigenvalue weighted by atomic mass is 16.3. The first kappa shape index (κ1) is 21.3. The number of aromatic hydroxyl groups is 2. The minimum atomic E-state index is 0.264. The summed E-state index contributed by atoms with van der Waals surface area (Å²) in [5.74, 6) is 0.529. The molecule has 0 aliphatic rings. The number of nitrogens with zero attached hydrogens (tertiary/aromatic N) is 2. The van der Waals surface area contributed by atoms with E-state index in [0.29, 0.717) is 26.2 Å². The van der Waals surface area contributed by atoms with Gasteiger partial charge in [-0.3, -0.25) is 0 Å². The van der Waals surface area contributed by atoms with Crippen molar-refractivity contribution in [3.05, 3.63) is 120 Å². The zero-order chi connectivity index (χ0) is 22.2. The Morgan fingerprint density at radius 2 is 0.781 bits per heavy atom. The fourth-order valence-corrected chi connectivity index (χ4v) is 3.88. The average molecular weight is 425 g/mol. The average Bonchev–Trinajstić information content (AvgIpc) is 2.83. The Bertz CT molecular complexity index is 1030. The Morgan fingerprint density at radius 1 is 0.438 bits per heavy atom. The minimum Gasteiger partial charge on any atom is -0.506 e. The maximum Gasteiger partial charge on any atom is 0.138 e. The van der Waals surface area contributed by atoms with E-state index in [1.807, 2.05) is 72.8 Å². The third-order valence-corrected chi connectivity index (χ3v) is 5.52. The van der Waals surface area contributed by atoms with Gasteiger partial charge in [-0.25, -0.2) is 0 Å². The summed E-state index contributed by atoms with van der Waals surface area (Å²) in [6.07, 6.45) is 0. The molecule has 0 spiro atoms. The number of anilines is 2. The lowest BCUT2D eigenvalue weighted by atomic mass is 10.1. The summed E-state index contributed by atoms with van der Waals surface area (Å²) in [7, 11) is 0. The molecular weight excluding hydrogens is 396 g/mol. The predicted molar refractivity (Wildman–Crippen MR) is 131 cm³/mol. The molecule has 0 heterocycles. The van der Waals surface area contributed by atoms with Crippen LogP contribution < -0.4 is 9.80 Å². The van der Waals surface area contributed by atoms with E-state index in [9.17, 15) is 10.2 Å². The Hall–Kier alpha value is -3.92. The van der Waals surface area contributed by atoms with Crippen LogP contribution in [-0.2, 0) is 13.1 Å². The van der Waals surface area contributed by atoms with Crippen LogP contribution in [0, 0.1) is 0 Å². The van der Waals surface area contributed by atoms with Gasteiger partial charge in [0.25, 0.3) is 0 Å². The molecular formula is C28H28N2O2. The number of phenols is 2. The summed E-state index contributed by atoms with van der Waals surface area (Å²) >= 11 is 0. The molecule has 4 aromatic rings. The molecule has 0 saturated carbocycles. The summed E-state index contributed by atoms with van der Waals surface area (Å²) in [6, 6.07) is 35.4.